The van der Waals surface area contributed by atoms with Gasteiger partial charge in [-0.2, -0.15) is 0 Å². The summed E-state index contributed by atoms with van der Waals surface area (Å²) in [6, 6.07) is 10.8. The van der Waals surface area contributed by atoms with E-state index in [0.717, 1.165) is 37.7 Å². The molecule has 7 heteroatoms. The fourth-order valence-corrected chi connectivity index (χ4v) is 2.79. The summed E-state index contributed by atoms with van der Waals surface area (Å²) in [5.41, 5.74) is 1.11. The zero-order chi connectivity index (χ0) is 16.5. The van der Waals surface area contributed by atoms with Crippen molar-refractivity contribution in [2.45, 2.75) is 13.1 Å². The maximum Gasteiger partial charge on any atom is 0.191 e. The molecular weight excluding hydrogens is 438 g/mol. The molecule has 0 aliphatic rings. The van der Waals surface area contributed by atoms with Crippen molar-refractivity contribution in [3.05, 3.63) is 58.0 Å². The highest BCUT2D eigenvalue weighted by molar-refractivity contribution is 14.0. The Hall–Kier alpha value is -1.19. The lowest BCUT2D eigenvalue weighted by molar-refractivity contribution is 0.331. The minimum Gasteiger partial charge on any atom is -0.355 e. The smallest absolute Gasteiger partial charge is 0.191 e. The fraction of sp³-hybridized carbons (Fsp3) is 0.353. The number of guanidine groups is 1. The Morgan fingerprint density at radius 1 is 1.21 bits per heavy atom. The normalized spacial score (nSPS) is 11.2. The van der Waals surface area contributed by atoms with Crippen LogP contribution in [0, 0.1) is 5.82 Å². The van der Waals surface area contributed by atoms with Gasteiger partial charge in [0, 0.05) is 31.6 Å². The van der Waals surface area contributed by atoms with Gasteiger partial charge < -0.3 is 15.5 Å². The molecule has 132 valence electrons. The van der Waals surface area contributed by atoms with Gasteiger partial charge in [0.2, 0.25) is 0 Å². The van der Waals surface area contributed by atoms with Crippen molar-refractivity contribution in [3.8, 4) is 0 Å². The molecule has 0 fully saturated rings. The zero-order valence-corrected chi connectivity index (χ0v) is 17.1. The molecule has 0 saturated carbocycles. The van der Waals surface area contributed by atoms with Crippen molar-refractivity contribution in [3.63, 3.8) is 0 Å². The van der Waals surface area contributed by atoms with E-state index in [-0.39, 0.29) is 29.8 Å². The molecular formula is C17H24FIN4S. The van der Waals surface area contributed by atoms with E-state index in [4.69, 9.17) is 0 Å². The second-order valence-electron chi connectivity index (χ2n) is 5.30. The molecule has 0 spiro atoms. The van der Waals surface area contributed by atoms with Gasteiger partial charge in [-0.1, -0.05) is 18.2 Å². The van der Waals surface area contributed by atoms with Crippen LogP contribution in [0.25, 0.3) is 0 Å². The molecule has 0 amide bonds. The molecule has 24 heavy (non-hydrogen) atoms. The van der Waals surface area contributed by atoms with Crippen LogP contribution in [0.3, 0.4) is 0 Å². The van der Waals surface area contributed by atoms with Gasteiger partial charge in [0.05, 0.1) is 6.54 Å². The number of nitrogens with one attached hydrogen (secondary N) is 2. The standard InChI is InChI=1S/C17H23FN4S.HI/c1-19-17(21-12-16-4-3-11-23-16)20-9-10-22(2)13-14-5-7-15(18)8-6-14;/h3-8,11H,9-10,12-13H2,1-2H3,(H2,19,20,21);1H. The van der Waals surface area contributed by atoms with Crippen molar-refractivity contribution in [2.75, 3.05) is 27.2 Å². The van der Waals surface area contributed by atoms with Gasteiger partial charge in [0.25, 0.3) is 0 Å². The average Bonchev–Trinajstić information content (AvgIpc) is 3.06. The van der Waals surface area contributed by atoms with Crippen LogP contribution in [0.1, 0.15) is 10.4 Å². The predicted octanol–water partition coefficient (Wildman–Crippen LogP) is 3.30. The van der Waals surface area contributed by atoms with E-state index in [0.29, 0.717) is 0 Å². The van der Waals surface area contributed by atoms with Crippen LogP contribution in [0.15, 0.2) is 46.8 Å². The zero-order valence-electron chi connectivity index (χ0n) is 14.0. The maximum atomic E-state index is 12.9. The molecule has 0 aliphatic heterocycles. The van der Waals surface area contributed by atoms with E-state index in [9.17, 15) is 4.39 Å². The Morgan fingerprint density at radius 2 is 1.96 bits per heavy atom. The Bertz CT molecular complexity index is 602. The van der Waals surface area contributed by atoms with Gasteiger partial charge in [-0.15, -0.1) is 35.3 Å². The van der Waals surface area contributed by atoms with Crippen molar-refractivity contribution in [1.82, 2.24) is 15.5 Å². The largest absolute Gasteiger partial charge is 0.355 e. The lowest BCUT2D eigenvalue weighted by Crippen LogP contribution is -2.40. The highest BCUT2D eigenvalue weighted by Crippen LogP contribution is 2.07. The second-order valence-corrected chi connectivity index (χ2v) is 6.33. The van der Waals surface area contributed by atoms with E-state index in [1.54, 1.807) is 18.4 Å². The monoisotopic (exact) mass is 462 g/mol. The summed E-state index contributed by atoms with van der Waals surface area (Å²) in [5.74, 6) is 0.604. The van der Waals surface area contributed by atoms with Crippen LogP contribution in [0.4, 0.5) is 4.39 Å². The van der Waals surface area contributed by atoms with Crippen LogP contribution in [0.2, 0.25) is 0 Å². The number of rotatable bonds is 7. The predicted molar refractivity (Wildman–Crippen MR) is 111 cm³/mol. The summed E-state index contributed by atoms with van der Waals surface area (Å²) >= 11 is 1.73. The van der Waals surface area contributed by atoms with Gasteiger partial charge >= 0.3 is 0 Å². The summed E-state index contributed by atoms with van der Waals surface area (Å²) in [6.45, 7) is 3.24. The third-order valence-corrected chi connectivity index (χ3v) is 4.26. The van der Waals surface area contributed by atoms with Crippen LogP contribution in [-0.4, -0.2) is 38.0 Å². The molecule has 0 aliphatic carbocycles. The van der Waals surface area contributed by atoms with E-state index < -0.39 is 0 Å². The molecule has 1 aromatic carbocycles. The summed E-state index contributed by atoms with van der Waals surface area (Å²) in [6.07, 6.45) is 0. The molecule has 1 aromatic heterocycles. The summed E-state index contributed by atoms with van der Waals surface area (Å²) < 4.78 is 12.9. The molecule has 4 nitrogen and oxygen atoms in total. The first kappa shape index (κ1) is 20.9. The van der Waals surface area contributed by atoms with Crippen molar-refractivity contribution >= 4 is 41.3 Å². The lowest BCUT2D eigenvalue weighted by Gasteiger charge is -2.18. The highest BCUT2D eigenvalue weighted by Gasteiger charge is 2.02. The Labute approximate surface area is 164 Å². The van der Waals surface area contributed by atoms with Gasteiger partial charge in [-0.25, -0.2) is 4.39 Å². The van der Waals surface area contributed by atoms with Crippen LogP contribution >= 0.6 is 35.3 Å². The minimum atomic E-state index is -0.196. The van der Waals surface area contributed by atoms with Gasteiger partial charge in [-0.3, -0.25) is 4.99 Å². The van der Waals surface area contributed by atoms with Crippen molar-refractivity contribution in [2.24, 2.45) is 4.99 Å². The number of hydrogen-bond donors (Lipinski definition) is 2. The SMILES string of the molecule is CN=C(NCCN(C)Cc1ccc(F)cc1)NCc1cccs1.I. The summed E-state index contributed by atoms with van der Waals surface area (Å²) in [5, 5.41) is 8.66. The number of hydrogen-bond acceptors (Lipinski definition) is 3. The van der Waals surface area contributed by atoms with Gasteiger partial charge in [0.15, 0.2) is 5.96 Å². The summed E-state index contributed by atoms with van der Waals surface area (Å²) in [7, 11) is 3.82. The average molecular weight is 462 g/mol. The van der Waals surface area contributed by atoms with E-state index in [2.05, 4.69) is 32.0 Å². The first-order chi connectivity index (χ1) is 11.2. The van der Waals surface area contributed by atoms with E-state index in [1.807, 2.05) is 25.2 Å². The molecule has 0 radical (unpaired) electrons. The number of benzene rings is 1. The molecule has 2 rings (SSSR count). The Balaban J connectivity index is 0.00000288. The molecule has 2 N–H and O–H groups in total. The Kier molecular flexibility index (Phi) is 9.89. The molecule has 0 atom stereocenters. The molecule has 1 heterocycles. The number of likely N-dealkylation sites (N-methyl/N-ethyl adjacent to an activating group) is 1. The van der Waals surface area contributed by atoms with Gasteiger partial charge in [-0.05, 0) is 36.2 Å². The summed E-state index contributed by atoms with van der Waals surface area (Å²) in [4.78, 5) is 7.68. The van der Waals surface area contributed by atoms with Crippen LogP contribution in [-0.2, 0) is 13.1 Å². The first-order valence-electron chi connectivity index (χ1n) is 7.57. The fourth-order valence-electron chi connectivity index (χ4n) is 2.15. The minimum absolute atomic E-state index is 0. The number of halogens is 2. The lowest BCUT2D eigenvalue weighted by atomic mass is 10.2. The number of thiophene rings is 1. The highest BCUT2D eigenvalue weighted by atomic mass is 127. The maximum absolute atomic E-state index is 12.9. The second kappa shape index (κ2) is 11.4. The molecule has 0 saturated heterocycles. The molecule has 0 unspecified atom stereocenters. The number of aliphatic imine (C=N–C) groups is 1. The van der Waals surface area contributed by atoms with Gasteiger partial charge in [0.1, 0.15) is 5.82 Å². The van der Waals surface area contributed by atoms with Crippen LogP contribution < -0.4 is 10.6 Å². The van der Waals surface area contributed by atoms with E-state index >= 15 is 0 Å². The quantitative estimate of drug-likeness (QED) is 0.377. The molecule has 2 aromatic rings. The first-order valence-corrected chi connectivity index (χ1v) is 8.45. The third kappa shape index (κ3) is 7.59. The van der Waals surface area contributed by atoms with E-state index in [1.165, 1.54) is 17.0 Å². The van der Waals surface area contributed by atoms with Crippen LogP contribution in [0.5, 0.6) is 0 Å². The Morgan fingerprint density at radius 3 is 2.58 bits per heavy atom. The number of nitrogens with zero attached hydrogens (tertiary/aromatic N) is 2. The van der Waals surface area contributed by atoms with Crippen molar-refractivity contribution in [1.29, 1.82) is 0 Å². The molecule has 0 bridgehead atoms. The van der Waals surface area contributed by atoms with Crippen molar-refractivity contribution < 1.29 is 4.39 Å². The topological polar surface area (TPSA) is 39.7 Å². The third-order valence-electron chi connectivity index (χ3n) is 3.39.